The highest BCUT2D eigenvalue weighted by atomic mass is 32.2. The molecule has 0 bridgehead atoms. The van der Waals surface area contributed by atoms with Crippen molar-refractivity contribution < 1.29 is 29.2 Å². The SMILES string of the molecule is CC(C)(C)Oc1cc(OC(C)(C)C)c([S+](c2ccccc2)c2ccccc2)c(OC(C)(C)C)c1.O=C([O-])O. The molecule has 0 aliphatic rings. The third-order valence-corrected chi connectivity index (χ3v) is 6.71. The molecule has 3 rings (SSSR count). The summed E-state index contributed by atoms with van der Waals surface area (Å²) in [6.45, 7) is 18.6. The molecule has 3 aromatic carbocycles. The van der Waals surface area contributed by atoms with Crippen molar-refractivity contribution in [3.63, 3.8) is 0 Å². The Morgan fingerprint density at radius 1 is 0.658 bits per heavy atom. The van der Waals surface area contributed by atoms with Crippen LogP contribution in [0.15, 0.2) is 87.5 Å². The van der Waals surface area contributed by atoms with Crippen LogP contribution in [0.5, 0.6) is 17.2 Å². The smallest absolute Gasteiger partial charge is 0.250 e. The summed E-state index contributed by atoms with van der Waals surface area (Å²) in [5, 5.41) is 15.3. The summed E-state index contributed by atoms with van der Waals surface area (Å²) in [4.78, 5) is 11.9. The van der Waals surface area contributed by atoms with Gasteiger partial charge in [-0.3, -0.25) is 0 Å². The Kier molecular flexibility index (Phi) is 10.2. The van der Waals surface area contributed by atoms with E-state index in [0.29, 0.717) is 0 Å². The van der Waals surface area contributed by atoms with Crippen molar-refractivity contribution in [2.24, 2.45) is 0 Å². The van der Waals surface area contributed by atoms with Gasteiger partial charge in [-0.25, -0.2) is 0 Å². The molecule has 0 fully saturated rings. The van der Waals surface area contributed by atoms with Gasteiger partial charge in [-0.05, 0) is 86.6 Å². The zero-order chi connectivity index (χ0) is 28.7. The lowest BCUT2D eigenvalue weighted by atomic mass is 10.1. The van der Waals surface area contributed by atoms with Gasteiger partial charge in [0, 0.05) is 12.1 Å². The first-order valence-corrected chi connectivity index (χ1v) is 13.7. The van der Waals surface area contributed by atoms with Crippen LogP contribution in [-0.4, -0.2) is 28.1 Å². The number of rotatable bonds is 6. The minimum atomic E-state index is -2.08. The van der Waals surface area contributed by atoms with E-state index < -0.39 is 28.3 Å². The van der Waals surface area contributed by atoms with E-state index in [-0.39, 0.29) is 5.60 Å². The Bertz CT molecular complexity index is 1090. The molecule has 6 nitrogen and oxygen atoms in total. The summed E-state index contributed by atoms with van der Waals surface area (Å²) in [5.74, 6) is 2.30. The number of ether oxygens (including phenoxy) is 3. The van der Waals surface area contributed by atoms with Crippen molar-refractivity contribution in [3.05, 3.63) is 72.8 Å². The molecular formula is C31H40O6S. The molecule has 206 valence electrons. The zero-order valence-corrected chi connectivity index (χ0v) is 24.6. The Labute approximate surface area is 229 Å². The second kappa shape index (κ2) is 12.5. The molecule has 7 heteroatoms. The molecule has 0 atom stereocenters. The van der Waals surface area contributed by atoms with Gasteiger partial charge in [0.2, 0.25) is 11.1 Å². The summed E-state index contributed by atoms with van der Waals surface area (Å²) in [6, 6.07) is 25.2. The van der Waals surface area contributed by atoms with Crippen LogP contribution >= 0.6 is 0 Å². The predicted molar refractivity (Wildman–Crippen MR) is 151 cm³/mol. The average molecular weight is 541 g/mol. The molecule has 3 aromatic rings. The summed E-state index contributed by atoms with van der Waals surface area (Å²) in [5.41, 5.74) is -1.13. The van der Waals surface area contributed by atoms with E-state index >= 15 is 0 Å². The highest BCUT2D eigenvalue weighted by Crippen LogP contribution is 2.47. The molecular weight excluding hydrogens is 500 g/mol. The van der Waals surface area contributed by atoms with E-state index in [1.54, 1.807) is 0 Å². The van der Waals surface area contributed by atoms with Crippen molar-refractivity contribution in [2.75, 3.05) is 0 Å². The molecule has 0 amide bonds. The maximum atomic E-state index is 8.44. The normalized spacial score (nSPS) is 11.8. The van der Waals surface area contributed by atoms with Gasteiger partial charge < -0.3 is 29.2 Å². The lowest BCUT2D eigenvalue weighted by molar-refractivity contribution is -0.275. The number of hydrogen-bond donors (Lipinski definition) is 1. The van der Waals surface area contributed by atoms with Gasteiger partial charge in [0.15, 0.2) is 21.3 Å². The Hall–Kier alpha value is -3.32. The van der Waals surface area contributed by atoms with E-state index in [2.05, 4.69) is 102 Å². The van der Waals surface area contributed by atoms with Crippen molar-refractivity contribution >= 4 is 17.1 Å². The van der Waals surface area contributed by atoms with E-state index in [1.165, 1.54) is 9.79 Å². The minimum absolute atomic E-state index is 0.347. The third-order valence-electron chi connectivity index (χ3n) is 4.41. The van der Waals surface area contributed by atoms with Crippen LogP contribution < -0.4 is 19.3 Å². The standard InChI is InChI=1S/C30H39O3S.CH2O3/c1-28(2,3)31-22-20-25(32-29(4,5)6)27(26(21-22)33-30(7,8)9)34(23-16-12-10-13-17-23)24-18-14-11-15-19-24;2-1(3)4/h10-21H,1-9H3;(H2,2,3,4)/q+1;/p-1. The second-order valence-corrected chi connectivity index (χ2v) is 13.6. The van der Waals surface area contributed by atoms with E-state index in [9.17, 15) is 0 Å². The van der Waals surface area contributed by atoms with E-state index in [4.69, 9.17) is 29.2 Å². The highest BCUT2D eigenvalue weighted by molar-refractivity contribution is 7.97. The van der Waals surface area contributed by atoms with Crippen LogP contribution in [0.4, 0.5) is 4.79 Å². The van der Waals surface area contributed by atoms with Gasteiger partial charge in [0.25, 0.3) is 0 Å². The molecule has 0 aliphatic heterocycles. The highest BCUT2D eigenvalue weighted by Gasteiger charge is 2.39. The van der Waals surface area contributed by atoms with Crippen molar-refractivity contribution in [1.82, 2.24) is 0 Å². The van der Waals surface area contributed by atoms with Crippen LogP contribution in [-0.2, 0) is 10.9 Å². The minimum Gasteiger partial charge on any atom is -0.565 e. The van der Waals surface area contributed by atoms with Crippen LogP contribution in [0.1, 0.15) is 62.3 Å². The number of benzene rings is 3. The summed E-state index contributed by atoms with van der Waals surface area (Å²) in [6.07, 6.45) is -2.08. The Morgan fingerprint density at radius 2 is 0.974 bits per heavy atom. The average Bonchev–Trinajstić information content (AvgIpc) is 2.73. The van der Waals surface area contributed by atoms with Gasteiger partial charge in [-0.2, -0.15) is 0 Å². The first kappa shape index (κ1) is 30.9. The number of carboxylic acid groups (broad SMARTS) is 2. The van der Waals surface area contributed by atoms with Crippen molar-refractivity contribution in [2.45, 2.75) is 93.8 Å². The molecule has 0 heterocycles. The maximum Gasteiger partial charge on any atom is 0.250 e. The molecule has 0 saturated carbocycles. The maximum absolute atomic E-state index is 8.44. The first-order chi connectivity index (χ1) is 17.5. The van der Waals surface area contributed by atoms with Crippen molar-refractivity contribution in [3.8, 4) is 17.2 Å². The fraction of sp³-hybridized carbons (Fsp3) is 0.387. The largest absolute Gasteiger partial charge is 0.565 e. The fourth-order valence-corrected chi connectivity index (χ4v) is 5.67. The van der Waals surface area contributed by atoms with Gasteiger partial charge in [0.1, 0.15) is 33.4 Å². The van der Waals surface area contributed by atoms with Gasteiger partial charge in [-0.15, -0.1) is 0 Å². The molecule has 0 unspecified atom stereocenters. The number of hydrogen-bond acceptors (Lipinski definition) is 5. The lowest BCUT2D eigenvalue weighted by Gasteiger charge is -2.28. The topological polar surface area (TPSA) is 88.1 Å². The summed E-state index contributed by atoms with van der Waals surface area (Å²) < 4.78 is 19.5. The van der Waals surface area contributed by atoms with Crippen LogP contribution in [0.25, 0.3) is 0 Å². The van der Waals surface area contributed by atoms with E-state index in [1.807, 2.05) is 32.9 Å². The predicted octanol–water partition coefficient (Wildman–Crippen LogP) is 7.20. The molecule has 0 aliphatic carbocycles. The van der Waals surface area contributed by atoms with Crippen LogP contribution in [0, 0.1) is 0 Å². The Balaban J connectivity index is 0.00000118. The first-order valence-electron chi connectivity index (χ1n) is 12.4. The quantitative estimate of drug-likeness (QED) is 0.333. The zero-order valence-electron chi connectivity index (χ0n) is 23.8. The van der Waals surface area contributed by atoms with Crippen LogP contribution in [0.3, 0.4) is 0 Å². The molecule has 0 saturated heterocycles. The summed E-state index contributed by atoms with van der Waals surface area (Å²) in [7, 11) is -0.444. The summed E-state index contributed by atoms with van der Waals surface area (Å²) >= 11 is 0. The van der Waals surface area contributed by atoms with Gasteiger partial charge in [-0.1, -0.05) is 36.4 Å². The Morgan fingerprint density at radius 3 is 1.26 bits per heavy atom. The molecule has 0 spiro atoms. The van der Waals surface area contributed by atoms with Gasteiger partial charge >= 0.3 is 0 Å². The van der Waals surface area contributed by atoms with Crippen molar-refractivity contribution in [1.29, 1.82) is 0 Å². The van der Waals surface area contributed by atoms with E-state index in [0.717, 1.165) is 22.1 Å². The molecule has 0 radical (unpaired) electrons. The second-order valence-electron chi connectivity index (χ2n) is 11.6. The molecule has 38 heavy (non-hydrogen) atoms. The number of carbonyl (C=O) groups is 1. The van der Waals surface area contributed by atoms with Crippen LogP contribution in [0.2, 0.25) is 0 Å². The third kappa shape index (κ3) is 10.6. The van der Waals surface area contributed by atoms with Gasteiger partial charge in [0.05, 0.1) is 0 Å². The molecule has 0 aromatic heterocycles. The lowest BCUT2D eigenvalue weighted by Crippen LogP contribution is -2.27. The fourth-order valence-electron chi connectivity index (χ4n) is 3.46. The monoisotopic (exact) mass is 540 g/mol. The molecule has 1 N–H and O–H groups in total.